The number of nitrogens with zero attached hydrogens (tertiary/aromatic N) is 2. The van der Waals surface area contributed by atoms with Crippen LogP contribution in [0, 0.1) is 5.92 Å². The normalized spacial score (nSPS) is 25.3. The van der Waals surface area contributed by atoms with Crippen LogP contribution in [0.2, 0.25) is 0 Å². The van der Waals surface area contributed by atoms with Crippen LogP contribution in [-0.2, 0) is 16.1 Å². The van der Waals surface area contributed by atoms with Gasteiger partial charge in [0.1, 0.15) is 5.65 Å². The Balaban J connectivity index is 1.60. The first-order chi connectivity index (χ1) is 10.7. The van der Waals surface area contributed by atoms with Gasteiger partial charge >= 0.3 is 0 Å². The Morgan fingerprint density at radius 1 is 1.50 bits per heavy atom. The molecule has 0 spiro atoms. The van der Waals surface area contributed by atoms with E-state index >= 15 is 0 Å². The summed E-state index contributed by atoms with van der Waals surface area (Å²) < 4.78 is 7.21. The highest BCUT2D eigenvalue weighted by Crippen LogP contribution is 2.26. The number of pyridine rings is 1. The predicted octanol–water partition coefficient (Wildman–Crippen LogP) is 1.13. The Labute approximate surface area is 129 Å². The number of amides is 1. The molecule has 22 heavy (non-hydrogen) atoms. The van der Waals surface area contributed by atoms with E-state index in [0.717, 1.165) is 11.3 Å². The average molecular weight is 303 g/mol. The number of carbonyl (C=O) groups is 1. The number of imidazole rings is 1. The Kier molecular flexibility index (Phi) is 4.40. The first-order valence-corrected chi connectivity index (χ1v) is 7.58. The maximum Gasteiger partial charge on any atom is 0.223 e. The maximum absolute atomic E-state index is 12.3. The summed E-state index contributed by atoms with van der Waals surface area (Å²) in [6, 6.07) is 5.80. The lowest BCUT2D eigenvalue weighted by molar-refractivity contribution is -0.130. The minimum atomic E-state index is -0.465. The van der Waals surface area contributed by atoms with Crippen LogP contribution in [0.4, 0.5) is 0 Å². The van der Waals surface area contributed by atoms with Gasteiger partial charge in [-0.1, -0.05) is 6.07 Å². The lowest BCUT2D eigenvalue weighted by atomic mass is 9.84. The van der Waals surface area contributed by atoms with Gasteiger partial charge in [0.2, 0.25) is 5.91 Å². The predicted molar refractivity (Wildman–Crippen MR) is 81.2 cm³/mol. The summed E-state index contributed by atoms with van der Waals surface area (Å²) >= 11 is 0. The highest BCUT2D eigenvalue weighted by Gasteiger charge is 2.32. The van der Waals surface area contributed by atoms with Gasteiger partial charge in [0.25, 0.3) is 0 Å². The number of aliphatic hydroxyl groups excluding tert-OH is 1. The molecule has 2 heterocycles. The van der Waals surface area contributed by atoms with Crippen molar-refractivity contribution in [1.82, 2.24) is 14.7 Å². The summed E-state index contributed by atoms with van der Waals surface area (Å²) in [4.78, 5) is 16.6. The quantitative estimate of drug-likeness (QED) is 0.887. The van der Waals surface area contributed by atoms with Crippen molar-refractivity contribution in [2.75, 3.05) is 7.11 Å². The van der Waals surface area contributed by atoms with E-state index in [2.05, 4.69) is 10.3 Å². The largest absolute Gasteiger partial charge is 0.390 e. The van der Waals surface area contributed by atoms with E-state index in [-0.39, 0.29) is 17.9 Å². The Bertz CT molecular complexity index is 655. The molecule has 0 aliphatic heterocycles. The van der Waals surface area contributed by atoms with Crippen LogP contribution in [0.25, 0.3) is 5.65 Å². The molecule has 0 bridgehead atoms. The SMILES string of the molecule is CO[C@@H]1C[C@H](C(=O)NCc2cnc3ccccn23)CC[C@@H]1O. The van der Waals surface area contributed by atoms with Gasteiger partial charge in [-0.25, -0.2) is 4.98 Å². The molecule has 1 saturated carbocycles. The zero-order valence-corrected chi connectivity index (χ0v) is 12.6. The van der Waals surface area contributed by atoms with E-state index in [0.29, 0.717) is 25.8 Å². The number of ether oxygens (including phenoxy) is 1. The second-order valence-electron chi connectivity index (χ2n) is 5.75. The van der Waals surface area contributed by atoms with E-state index in [1.807, 2.05) is 28.8 Å². The molecule has 2 N–H and O–H groups in total. The monoisotopic (exact) mass is 303 g/mol. The molecule has 6 heteroatoms. The molecule has 3 atom stereocenters. The first-order valence-electron chi connectivity index (χ1n) is 7.58. The van der Waals surface area contributed by atoms with Gasteiger partial charge in [-0.3, -0.25) is 4.79 Å². The van der Waals surface area contributed by atoms with Crippen LogP contribution in [0.3, 0.4) is 0 Å². The van der Waals surface area contributed by atoms with Crippen LogP contribution in [-0.4, -0.2) is 39.7 Å². The fourth-order valence-corrected chi connectivity index (χ4v) is 3.04. The molecule has 3 rings (SSSR count). The average Bonchev–Trinajstić information content (AvgIpc) is 2.96. The Morgan fingerprint density at radius 3 is 3.18 bits per heavy atom. The molecular formula is C16H21N3O3. The van der Waals surface area contributed by atoms with E-state index in [9.17, 15) is 9.90 Å². The Morgan fingerprint density at radius 2 is 2.36 bits per heavy atom. The number of hydrogen-bond acceptors (Lipinski definition) is 4. The minimum Gasteiger partial charge on any atom is -0.390 e. The van der Waals surface area contributed by atoms with Gasteiger partial charge in [-0.2, -0.15) is 0 Å². The number of rotatable bonds is 4. The summed E-state index contributed by atoms with van der Waals surface area (Å²) in [5, 5.41) is 12.8. The van der Waals surface area contributed by atoms with Crippen LogP contribution >= 0.6 is 0 Å². The summed E-state index contributed by atoms with van der Waals surface area (Å²) in [6.07, 6.45) is 4.86. The van der Waals surface area contributed by atoms with Gasteiger partial charge in [0.05, 0.1) is 30.6 Å². The molecule has 0 aromatic carbocycles. The molecule has 1 aliphatic rings. The van der Waals surface area contributed by atoms with Crippen molar-refractivity contribution >= 4 is 11.6 Å². The van der Waals surface area contributed by atoms with Crippen molar-refractivity contribution in [1.29, 1.82) is 0 Å². The molecule has 0 saturated heterocycles. The molecule has 118 valence electrons. The van der Waals surface area contributed by atoms with Gasteiger partial charge in [0.15, 0.2) is 0 Å². The fraction of sp³-hybridized carbons (Fsp3) is 0.500. The highest BCUT2D eigenvalue weighted by molar-refractivity contribution is 5.78. The highest BCUT2D eigenvalue weighted by atomic mass is 16.5. The molecule has 2 aromatic heterocycles. The molecule has 2 aromatic rings. The molecule has 0 unspecified atom stereocenters. The number of fused-ring (bicyclic) bond motifs is 1. The van der Waals surface area contributed by atoms with E-state index < -0.39 is 6.10 Å². The summed E-state index contributed by atoms with van der Waals surface area (Å²) in [7, 11) is 1.58. The van der Waals surface area contributed by atoms with E-state index in [4.69, 9.17) is 4.74 Å². The molecule has 6 nitrogen and oxygen atoms in total. The van der Waals surface area contributed by atoms with Crippen LogP contribution in [0.15, 0.2) is 30.6 Å². The maximum atomic E-state index is 12.3. The number of aromatic nitrogens is 2. The third kappa shape index (κ3) is 2.98. The number of carbonyl (C=O) groups excluding carboxylic acids is 1. The molecular weight excluding hydrogens is 282 g/mol. The van der Waals surface area contributed by atoms with Gasteiger partial charge in [0, 0.05) is 19.2 Å². The second kappa shape index (κ2) is 6.46. The van der Waals surface area contributed by atoms with Crippen molar-refractivity contribution < 1.29 is 14.6 Å². The first kappa shape index (κ1) is 15.0. The zero-order valence-electron chi connectivity index (χ0n) is 12.6. The smallest absolute Gasteiger partial charge is 0.223 e. The molecule has 1 aliphatic carbocycles. The zero-order chi connectivity index (χ0) is 15.5. The summed E-state index contributed by atoms with van der Waals surface area (Å²) in [6.45, 7) is 0.445. The minimum absolute atomic E-state index is 0.0137. The summed E-state index contributed by atoms with van der Waals surface area (Å²) in [5.41, 5.74) is 1.81. The Hall–Kier alpha value is -1.92. The molecule has 1 amide bonds. The summed E-state index contributed by atoms with van der Waals surface area (Å²) in [5.74, 6) is -0.0904. The van der Waals surface area contributed by atoms with Crippen molar-refractivity contribution in [2.45, 2.75) is 38.0 Å². The lowest BCUT2D eigenvalue weighted by Gasteiger charge is -2.31. The van der Waals surface area contributed by atoms with Crippen molar-refractivity contribution in [3.05, 3.63) is 36.3 Å². The van der Waals surface area contributed by atoms with Crippen LogP contribution in [0.5, 0.6) is 0 Å². The van der Waals surface area contributed by atoms with Crippen molar-refractivity contribution in [3.63, 3.8) is 0 Å². The number of methoxy groups -OCH3 is 1. The van der Waals surface area contributed by atoms with E-state index in [1.165, 1.54) is 0 Å². The standard InChI is InChI=1S/C16H21N3O3/c1-22-14-8-11(5-6-13(14)20)16(21)18-10-12-9-17-15-4-2-3-7-19(12)15/h2-4,7,9,11,13-14,20H,5-6,8,10H2,1H3,(H,18,21)/t11-,13+,14-/m1/s1. The van der Waals surface area contributed by atoms with Gasteiger partial charge in [-0.15, -0.1) is 0 Å². The third-order valence-corrected chi connectivity index (χ3v) is 4.37. The molecule has 0 radical (unpaired) electrons. The fourth-order valence-electron chi connectivity index (χ4n) is 3.04. The van der Waals surface area contributed by atoms with Crippen LogP contribution in [0.1, 0.15) is 25.0 Å². The van der Waals surface area contributed by atoms with Gasteiger partial charge < -0.3 is 19.6 Å². The second-order valence-corrected chi connectivity index (χ2v) is 5.75. The number of nitrogens with one attached hydrogen (secondary N) is 1. The number of hydrogen-bond donors (Lipinski definition) is 2. The third-order valence-electron chi connectivity index (χ3n) is 4.37. The van der Waals surface area contributed by atoms with Gasteiger partial charge in [-0.05, 0) is 31.4 Å². The van der Waals surface area contributed by atoms with E-state index in [1.54, 1.807) is 13.3 Å². The van der Waals surface area contributed by atoms with Crippen LogP contribution < -0.4 is 5.32 Å². The topological polar surface area (TPSA) is 75.9 Å². The number of aliphatic hydroxyl groups is 1. The van der Waals surface area contributed by atoms with Crippen molar-refractivity contribution in [3.8, 4) is 0 Å². The molecule has 1 fully saturated rings. The van der Waals surface area contributed by atoms with Crippen molar-refractivity contribution in [2.24, 2.45) is 5.92 Å². The lowest BCUT2D eigenvalue weighted by Crippen LogP contribution is -2.41.